The van der Waals surface area contributed by atoms with E-state index in [4.69, 9.17) is 4.74 Å². The van der Waals surface area contributed by atoms with Gasteiger partial charge in [0.05, 0.1) is 0 Å². The fourth-order valence-corrected chi connectivity index (χ4v) is 1.76. The second kappa shape index (κ2) is 9.19. The summed E-state index contributed by atoms with van der Waals surface area (Å²) in [4.78, 5) is 11.6. The topological polar surface area (TPSA) is 70.6 Å². The number of aliphatic hydroxyl groups is 1. The zero-order valence-corrected chi connectivity index (χ0v) is 12.7. The molecule has 0 saturated heterocycles. The van der Waals surface area contributed by atoms with Gasteiger partial charge in [-0.15, -0.1) is 0 Å². The molecule has 0 radical (unpaired) electrons. The second-order valence-electron chi connectivity index (χ2n) is 4.91. The van der Waals surface area contributed by atoms with Gasteiger partial charge in [-0.05, 0) is 25.0 Å². The van der Waals surface area contributed by atoms with Crippen molar-refractivity contribution in [3.8, 4) is 5.75 Å². The highest BCUT2D eigenvalue weighted by atomic mass is 19.2. The predicted molar refractivity (Wildman–Crippen MR) is 78.8 cm³/mol. The number of nitrogens with one attached hydrogen (secondary N) is 2. The number of carbonyl (C=O) groups is 1. The Bertz CT molecular complexity index is 482. The number of hydrogen-bond acceptors (Lipinski definition) is 3. The van der Waals surface area contributed by atoms with Gasteiger partial charge in [0, 0.05) is 18.7 Å². The maximum absolute atomic E-state index is 13.0. The Kier molecular flexibility index (Phi) is 7.59. The fourth-order valence-electron chi connectivity index (χ4n) is 1.76. The Hall–Kier alpha value is -1.89. The number of hydrogen-bond donors (Lipinski definition) is 3. The molecule has 0 aliphatic heterocycles. The van der Waals surface area contributed by atoms with Gasteiger partial charge < -0.3 is 20.5 Å². The summed E-state index contributed by atoms with van der Waals surface area (Å²) < 4.78 is 30.8. The smallest absolute Gasteiger partial charge is 0.315 e. The summed E-state index contributed by atoms with van der Waals surface area (Å²) in [5.74, 6) is -1.87. The summed E-state index contributed by atoms with van der Waals surface area (Å²) in [7, 11) is 0. The molecule has 2 amide bonds. The lowest BCUT2D eigenvalue weighted by Gasteiger charge is -2.17. The van der Waals surface area contributed by atoms with Crippen LogP contribution in [0.1, 0.15) is 26.7 Å². The van der Waals surface area contributed by atoms with Gasteiger partial charge in [0.2, 0.25) is 0 Å². The van der Waals surface area contributed by atoms with E-state index in [-0.39, 0.29) is 31.0 Å². The van der Waals surface area contributed by atoms with Crippen molar-refractivity contribution in [3.63, 3.8) is 0 Å². The number of halogens is 2. The molecule has 0 aliphatic carbocycles. The minimum absolute atomic E-state index is 0.00431. The van der Waals surface area contributed by atoms with Gasteiger partial charge in [-0.1, -0.05) is 13.8 Å². The van der Waals surface area contributed by atoms with E-state index in [1.54, 1.807) is 0 Å². The van der Waals surface area contributed by atoms with E-state index in [2.05, 4.69) is 10.6 Å². The molecule has 1 unspecified atom stereocenters. The standard InChI is InChI=1S/C15H22F2N2O3/c1-3-10(4-2)19-15(21)18-8-11(20)9-22-12-5-6-13(16)14(17)7-12/h5-7,10-11,20H,3-4,8-9H2,1-2H3,(H2,18,19,21). The van der Waals surface area contributed by atoms with Crippen molar-refractivity contribution in [3.05, 3.63) is 29.8 Å². The molecule has 3 N–H and O–H groups in total. The summed E-state index contributed by atoms with van der Waals surface area (Å²) in [5.41, 5.74) is 0. The Morgan fingerprint density at radius 1 is 1.27 bits per heavy atom. The van der Waals surface area contributed by atoms with Crippen LogP contribution in [0.25, 0.3) is 0 Å². The number of benzene rings is 1. The lowest BCUT2D eigenvalue weighted by atomic mass is 10.2. The number of ether oxygens (including phenoxy) is 1. The summed E-state index contributed by atoms with van der Waals surface area (Å²) in [6, 6.07) is 2.84. The first-order valence-electron chi connectivity index (χ1n) is 7.26. The van der Waals surface area contributed by atoms with Gasteiger partial charge in [-0.25, -0.2) is 13.6 Å². The molecule has 5 nitrogen and oxygen atoms in total. The molecule has 0 aromatic heterocycles. The summed E-state index contributed by atoms with van der Waals surface area (Å²) in [5, 5.41) is 15.0. The Morgan fingerprint density at radius 3 is 2.55 bits per heavy atom. The zero-order valence-electron chi connectivity index (χ0n) is 12.7. The fraction of sp³-hybridized carbons (Fsp3) is 0.533. The maximum atomic E-state index is 13.0. The van der Waals surface area contributed by atoms with E-state index in [1.165, 1.54) is 6.07 Å². The molecule has 22 heavy (non-hydrogen) atoms. The second-order valence-corrected chi connectivity index (χ2v) is 4.91. The quantitative estimate of drug-likeness (QED) is 0.688. The van der Waals surface area contributed by atoms with Crippen LogP contribution in [0.4, 0.5) is 13.6 Å². The third kappa shape index (κ3) is 6.26. The van der Waals surface area contributed by atoms with Crippen molar-refractivity contribution in [1.82, 2.24) is 10.6 Å². The molecule has 124 valence electrons. The SMILES string of the molecule is CCC(CC)NC(=O)NCC(O)COc1ccc(F)c(F)c1. The van der Waals surface area contributed by atoms with E-state index in [1.807, 2.05) is 13.8 Å². The molecule has 1 atom stereocenters. The van der Waals surface area contributed by atoms with Crippen LogP contribution in [0.15, 0.2) is 18.2 Å². The van der Waals surface area contributed by atoms with E-state index in [0.29, 0.717) is 0 Å². The average molecular weight is 316 g/mol. The number of amides is 2. The molecule has 0 spiro atoms. The first-order chi connectivity index (χ1) is 10.5. The van der Waals surface area contributed by atoms with Crippen molar-refractivity contribution in [1.29, 1.82) is 0 Å². The van der Waals surface area contributed by atoms with Crippen molar-refractivity contribution < 1.29 is 23.4 Å². The number of rotatable bonds is 8. The molecule has 1 aromatic carbocycles. The molecule has 7 heteroatoms. The van der Waals surface area contributed by atoms with Crippen LogP contribution in [0.3, 0.4) is 0 Å². The van der Waals surface area contributed by atoms with Crippen molar-refractivity contribution in [2.24, 2.45) is 0 Å². The van der Waals surface area contributed by atoms with Gasteiger partial charge in [0.1, 0.15) is 18.5 Å². The molecule has 1 rings (SSSR count). The van der Waals surface area contributed by atoms with Crippen LogP contribution in [-0.4, -0.2) is 36.4 Å². The van der Waals surface area contributed by atoms with Crippen LogP contribution in [-0.2, 0) is 0 Å². The Labute approximate surface area is 128 Å². The normalized spacial score (nSPS) is 12.1. The minimum atomic E-state index is -1.02. The number of urea groups is 1. The molecule has 0 saturated carbocycles. The third-order valence-electron chi connectivity index (χ3n) is 3.15. The van der Waals surface area contributed by atoms with Crippen LogP contribution in [0.5, 0.6) is 5.75 Å². The lowest BCUT2D eigenvalue weighted by molar-refractivity contribution is 0.107. The molecule has 0 heterocycles. The van der Waals surface area contributed by atoms with Crippen LogP contribution in [0, 0.1) is 11.6 Å². The Balaban J connectivity index is 2.29. The molecule has 1 aromatic rings. The highest BCUT2D eigenvalue weighted by Gasteiger charge is 2.11. The molecule has 0 bridgehead atoms. The van der Waals surface area contributed by atoms with Crippen LogP contribution >= 0.6 is 0 Å². The summed E-state index contributed by atoms with van der Waals surface area (Å²) >= 11 is 0. The molecule has 0 fully saturated rings. The number of aliphatic hydroxyl groups excluding tert-OH is 1. The third-order valence-corrected chi connectivity index (χ3v) is 3.15. The Morgan fingerprint density at radius 2 is 1.95 bits per heavy atom. The van der Waals surface area contributed by atoms with Crippen molar-refractivity contribution in [2.45, 2.75) is 38.8 Å². The van der Waals surface area contributed by atoms with Crippen LogP contribution in [0.2, 0.25) is 0 Å². The summed E-state index contributed by atoms with van der Waals surface area (Å²) in [6.07, 6.45) is 0.692. The first-order valence-corrected chi connectivity index (χ1v) is 7.26. The monoisotopic (exact) mass is 316 g/mol. The predicted octanol–water partition coefficient (Wildman–Crippen LogP) is 2.19. The van der Waals surface area contributed by atoms with E-state index in [0.717, 1.165) is 25.0 Å². The van der Waals surface area contributed by atoms with Gasteiger partial charge in [0.25, 0.3) is 0 Å². The van der Waals surface area contributed by atoms with Crippen molar-refractivity contribution >= 4 is 6.03 Å². The van der Waals surface area contributed by atoms with E-state index >= 15 is 0 Å². The van der Waals surface area contributed by atoms with Gasteiger partial charge in [-0.2, -0.15) is 0 Å². The van der Waals surface area contributed by atoms with Gasteiger partial charge in [0.15, 0.2) is 11.6 Å². The summed E-state index contributed by atoms with van der Waals surface area (Å²) in [6.45, 7) is 3.80. The minimum Gasteiger partial charge on any atom is -0.491 e. The van der Waals surface area contributed by atoms with Crippen LogP contribution < -0.4 is 15.4 Å². The van der Waals surface area contributed by atoms with Gasteiger partial charge in [-0.3, -0.25) is 0 Å². The molecule has 0 aliphatic rings. The maximum Gasteiger partial charge on any atom is 0.315 e. The highest BCUT2D eigenvalue weighted by molar-refractivity contribution is 5.74. The molecular weight excluding hydrogens is 294 g/mol. The van der Waals surface area contributed by atoms with E-state index in [9.17, 15) is 18.7 Å². The first kappa shape index (κ1) is 18.2. The highest BCUT2D eigenvalue weighted by Crippen LogP contribution is 2.15. The zero-order chi connectivity index (χ0) is 16.5. The largest absolute Gasteiger partial charge is 0.491 e. The molecular formula is C15H22F2N2O3. The lowest BCUT2D eigenvalue weighted by Crippen LogP contribution is -2.45. The number of carbonyl (C=O) groups excluding carboxylic acids is 1. The van der Waals surface area contributed by atoms with Gasteiger partial charge >= 0.3 is 6.03 Å². The van der Waals surface area contributed by atoms with E-state index < -0.39 is 17.7 Å². The van der Waals surface area contributed by atoms with Crippen molar-refractivity contribution in [2.75, 3.05) is 13.2 Å². The average Bonchev–Trinajstić information content (AvgIpc) is 2.51.